The molecule has 2 unspecified atom stereocenters. The Balaban J connectivity index is 1.28. The van der Waals surface area contributed by atoms with Gasteiger partial charge in [-0.05, 0) is 65.5 Å². The van der Waals surface area contributed by atoms with Gasteiger partial charge in [-0.3, -0.25) is 19.8 Å². The smallest absolute Gasteiger partial charge is 0.319 e. The Morgan fingerprint density at radius 2 is 1.95 bits per heavy atom. The number of urea groups is 1. The number of hydrogen-bond acceptors (Lipinski definition) is 5. The number of piperidine rings is 2. The highest BCUT2D eigenvalue weighted by molar-refractivity contribution is 7.23. The minimum atomic E-state index is -0.297. The Hall–Kier alpha value is -2.65. The van der Waals surface area contributed by atoms with Crippen molar-refractivity contribution >= 4 is 44.3 Å². The summed E-state index contributed by atoms with van der Waals surface area (Å²) < 4.78 is 0.984. The summed E-state index contributed by atoms with van der Waals surface area (Å²) in [5.41, 5.74) is 0.318. The maximum absolute atomic E-state index is 13.8. The number of hydrogen-bond donors (Lipinski definition) is 2. The van der Waals surface area contributed by atoms with Gasteiger partial charge in [0.25, 0.3) is 5.91 Å². The van der Waals surface area contributed by atoms with Crippen LogP contribution in [-0.4, -0.2) is 83.9 Å². The normalized spacial score (nSPS) is 25.3. The van der Waals surface area contributed by atoms with Crippen molar-refractivity contribution in [3.8, 4) is 0 Å². The first-order chi connectivity index (χ1) is 17.9. The SMILES string of the molecule is [CH2]CN1C(=O)C2(CCCN(C3CCN(C(=O)c4c(NC(=O)NCC)sc5ccccc45)CC3)C2)CC1C. The second-order valence-electron chi connectivity index (χ2n) is 10.7. The molecule has 1 aromatic carbocycles. The molecule has 3 fully saturated rings. The number of likely N-dealkylation sites (tertiary alicyclic amines) is 3. The van der Waals surface area contributed by atoms with Gasteiger partial charge in [-0.25, -0.2) is 4.79 Å². The summed E-state index contributed by atoms with van der Waals surface area (Å²) in [5, 5.41) is 7.13. The van der Waals surface area contributed by atoms with Gasteiger partial charge in [0.1, 0.15) is 5.00 Å². The van der Waals surface area contributed by atoms with Crippen molar-refractivity contribution in [2.45, 2.75) is 58.0 Å². The molecule has 2 N–H and O–H groups in total. The summed E-state index contributed by atoms with van der Waals surface area (Å²) in [6, 6.07) is 8.16. The molecule has 9 heteroatoms. The highest BCUT2D eigenvalue weighted by Crippen LogP contribution is 2.44. The van der Waals surface area contributed by atoms with Crippen LogP contribution in [0.5, 0.6) is 0 Å². The number of nitrogens with zero attached hydrogens (tertiary/aromatic N) is 3. The van der Waals surface area contributed by atoms with Crippen LogP contribution in [-0.2, 0) is 4.79 Å². The molecule has 8 nitrogen and oxygen atoms in total. The van der Waals surface area contributed by atoms with Gasteiger partial charge in [-0.1, -0.05) is 18.2 Å². The third-order valence-electron chi connectivity index (χ3n) is 8.42. The summed E-state index contributed by atoms with van der Waals surface area (Å²) in [4.78, 5) is 45.7. The molecule has 4 amide bonds. The molecule has 1 aromatic heterocycles. The monoisotopic (exact) mass is 524 g/mol. The van der Waals surface area contributed by atoms with Crippen molar-refractivity contribution in [2.75, 3.05) is 44.6 Å². The Morgan fingerprint density at radius 3 is 2.65 bits per heavy atom. The zero-order chi connectivity index (χ0) is 26.2. The number of fused-ring (bicyclic) bond motifs is 1. The van der Waals surface area contributed by atoms with Crippen molar-refractivity contribution in [1.82, 2.24) is 20.0 Å². The van der Waals surface area contributed by atoms with Crippen LogP contribution in [0.4, 0.5) is 9.80 Å². The van der Waals surface area contributed by atoms with Crippen LogP contribution >= 0.6 is 11.3 Å². The van der Waals surface area contributed by atoms with Crippen LogP contribution in [0.2, 0.25) is 0 Å². The molecule has 3 aliphatic rings. The van der Waals surface area contributed by atoms with Crippen molar-refractivity contribution in [2.24, 2.45) is 5.41 Å². The van der Waals surface area contributed by atoms with E-state index in [1.807, 2.05) is 41.0 Å². The van der Waals surface area contributed by atoms with Crippen molar-refractivity contribution in [3.05, 3.63) is 36.8 Å². The first-order valence-corrected chi connectivity index (χ1v) is 14.4. The van der Waals surface area contributed by atoms with Gasteiger partial charge in [0.15, 0.2) is 0 Å². The molecule has 0 aliphatic carbocycles. The van der Waals surface area contributed by atoms with E-state index in [2.05, 4.69) is 29.4 Å². The predicted octanol–water partition coefficient (Wildman–Crippen LogP) is 4.18. The van der Waals surface area contributed by atoms with Crippen LogP contribution in [0.3, 0.4) is 0 Å². The standard InChI is InChI=1S/C28H38N5O3S/c1-4-29-27(36)30-24-23(21-9-6-7-10-22(21)37-24)25(34)31-15-11-20(12-16-31)32-14-8-13-28(18-32)17-19(3)33(5-2)26(28)35/h6-7,9-10,19-20H,2,4-5,8,11-18H2,1,3H3,(H2,29,30,36). The lowest BCUT2D eigenvalue weighted by atomic mass is 9.76. The first kappa shape index (κ1) is 26.0. The summed E-state index contributed by atoms with van der Waals surface area (Å²) in [6.07, 6.45) is 4.71. The van der Waals surface area contributed by atoms with E-state index in [4.69, 9.17) is 0 Å². The van der Waals surface area contributed by atoms with Crippen LogP contribution in [0, 0.1) is 12.3 Å². The van der Waals surface area contributed by atoms with Crippen LogP contribution in [0.1, 0.15) is 56.3 Å². The Labute approximate surface area is 223 Å². The molecule has 2 atom stereocenters. The summed E-state index contributed by atoms with van der Waals surface area (Å²) in [6.45, 7) is 12.2. The lowest BCUT2D eigenvalue weighted by molar-refractivity contribution is -0.139. The lowest BCUT2D eigenvalue weighted by Gasteiger charge is -2.45. The number of carbonyl (C=O) groups is 3. The Kier molecular flexibility index (Phi) is 7.45. The van der Waals surface area contributed by atoms with Gasteiger partial charge >= 0.3 is 6.03 Å². The van der Waals surface area contributed by atoms with E-state index >= 15 is 0 Å². The molecule has 37 heavy (non-hydrogen) atoms. The molecule has 1 spiro atoms. The lowest BCUT2D eigenvalue weighted by Crippen LogP contribution is -2.54. The van der Waals surface area contributed by atoms with Gasteiger partial charge in [0, 0.05) is 54.9 Å². The third kappa shape index (κ3) is 4.83. The summed E-state index contributed by atoms with van der Waals surface area (Å²) in [7, 11) is 0. The van der Waals surface area contributed by atoms with Gasteiger partial charge in [-0.2, -0.15) is 0 Å². The minimum Gasteiger partial charge on any atom is -0.339 e. The average molecular weight is 525 g/mol. The number of nitrogens with one attached hydrogen (secondary N) is 2. The molecule has 0 saturated carbocycles. The second kappa shape index (κ2) is 10.6. The van der Waals surface area contributed by atoms with Crippen molar-refractivity contribution in [1.29, 1.82) is 0 Å². The summed E-state index contributed by atoms with van der Waals surface area (Å²) >= 11 is 1.44. The van der Waals surface area contributed by atoms with E-state index in [0.29, 0.717) is 42.8 Å². The zero-order valence-corrected chi connectivity index (χ0v) is 22.7. The van der Waals surface area contributed by atoms with Crippen molar-refractivity contribution in [3.63, 3.8) is 0 Å². The molecule has 199 valence electrons. The molecule has 3 saturated heterocycles. The van der Waals surface area contributed by atoms with E-state index in [9.17, 15) is 14.4 Å². The largest absolute Gasteiger partial charge is 0.339 e. The third-order valence-corrected chi connectivity index (χ3v) is 9.51. The second-order valence-corrected chi connectivity index (χ2v) is 11.8. The molecule has 4 heterocycles. The number of carbonyl (C=O) groups excluding carboxylic acids is 3. The van der Waals surface area contributed by atoms with Gasteiger partial charge in [0.2, 0.25) is 5.91 Å². The van der Waals surface area contributed by atoms with Crippen LogP contribution in [0.25, 0.3) is 10.1 Å². The maximum Gasteiger partial charge on any atom is 0.319 e. The predicted molar refractivity (Wildman–Crippen MR) is 148 cm³/mol. The minimum absolute atomic E-state index is 0.0244. The van der Waals surface area contributed by atoms with Gasteiger partial charge in [0.05, 0.1) is 11.0 Å². The maximum atomic E-state index is 13.8. The van der Waals surface area contributed by atoms with Gasteiger partial charge < -0.3 is 15.1 Å². The highest BCUT2D eigenvalue weighted by Gasteiger charge is 2.52. The first-order valence-electron chi connectivity index (χ1n) is 13.6. The van der Waals surface area contributed by atoms with E-state index in [-0.39, 0.29) is 29.3 Å². The zero-order valence-electron chi connectivity index (χ0n) is 21.9. The molecular weight excluding hydrogens is 486 g/mol. The molecule has 3 aliphatic heterocycles. The fraction of sp³-hybridized carbons (Fsp3) is 0.571. The number of rotatable bonds is 5. The quantitative estimate of drug-likeness (QED) is 0.615. The van der Waals surface area contributed by atoms with E-state index < -0.39 is 0 Å². The number of thiophene rings is 1. The fourth-order valence-electron chi connectivity index (χ4n) is 6.66. The molecule has 0 bridgehead atoms. The average Bonchev–Trinajstić information content (AvgIpc) is 3.36. The number of anilines is 1. The van der Waals surface area contributed by atoms with E-state index in [0.717, 1.165) is 55.3 Å². The molecular formula is C28H38N5O3S. The number of benzene rings is 1. The number of amides is 4. The molecule has 1 radical (unpaired) electrons. The van der Waals surface area contributed by atoms with Crippen molar-refractivity contribution < 1.29 is 14.4 Å². The highest BCUT2D eigenvalue weighted by atomic mass is 32.1. The fourth-order valence-corrected chi connectivity index (χ4v) is 7.75. The van der Waals surface area contributed by atoms with Crippen LogP contribution < -0.4 is 10.6 Å². The van der Waals surface area contributed by atoms with E-state index in [1.165, 1.54) is 11.3 Å². The molecule has 2 aromatic rings. The molecule has 5 rings (SSSR count). The topological polar surface area (TPSA) is 85.0 Å². The van der Waals surface area contributed by atoms with Crippen LogP contribution in [0.15, 0.2) is 24.3 Å². The summed E-state index contributed by atoms with van der Waals surface area (Å²) in [5.74, 6) is 0.257. The van der Waals surface area contributed by atoms with Gasteiger partial charge in [-0.15, -0.1) is 11.3 Å². The Bertz CT molecular complexity index is 1170. The van der Waals surface area contributed by atoms with E-state index in [1.54, 1.807) is 0 Å². The Morgan fingerprint density at radius 1 is 1.19 bits per heavy atom.